The second kappa shape index (κ2) is 8.56. The lowest BCUT2D eigenvalue weighted by Gasteiger charge is -2.31. The van der Waals surface area contributed by atoms with Crippen molar-refractivity contribution in [2.45, 2.75) is 44.8 Å². The smallest absolute Gasteiger partial charge is 0.408 e. The maximum Gasteiger partial charge on any atom is 0.408 e. The van der Waals surface area contributed by atoms with Crippen LogP contribution in [-0.2, 0) is 16.1 Å². The standard InChI is InChI=1S/C18H26N2O3/c1-20(2)17(21)16(15-11-7-4-8-12-15)19-18(22)23-13-14-9-5-3-6-10-14/h3,5-6,9-10,15-16H,4,7-8,11-13H2,1-2H3,(H,19,22). The first-order valence-corrected chi connectivity index (χ1v) is 8.26. The highest BCUT2D eigenvalue weighted by atomic mass is 16.5. The monoisotopic (exact) mass is 318 g/mol. The predicted molar refractivity (Wildman–Crippen MR) is 88.8 cm³/mol. The fourth-order valence-electron chi connectivity index (χ4n) is 3.02. The molecule has 0 aromatic heterocycles. The van der Waals surface area contributed by atoms with Gasteiger partial charge in [0.2, 0.25) is 5.91 Å². The molecule has 1 atom stereocenters. The van der Waals surface area contributed by atoms with Crippen molar-refractivity contribution in [3.05, 3.63) is 35.9 Å². The molecule has 1 aliphatic carbocycles. The zero-order valence-electron chi connectivity index (χ0n) is 14.0. The third-order valence-corrected chi connectivity index (χ3v) is 4.31. The Morgan fingerprint density at radius 3 is 2.43 bits per heavy atom. The molecule has 5 nitrogen and oxygen atoms in total. The van der Waals surface area contributed by atoms with E-state index in [0.29, 0.717) is 0 Å². The molecule has 1 saturated carbocycles. The van der Waals surface area contributed by atoms with Crippen molar-refractivity contribution in [2.24, 2.45) is 5.92 Å². The molecule has 1 fully saturated rings. The van der Waals surface area contributed by atoms with Crippen LogP contribution in [0.25, 0.3) is 0 Å². The Bertz CT molecular complexity index is 510. The molecule has 1 N–H and O–H groups in total. The molecule has 1 aromatic carbocycles. The molecule has 0 spiro atoms. The Balaban J connectivity index is 1.93. The predicted octanol–water partition coefficient (Wildman–Crippen LogP) is 2.95. The highest BCUT2D eigenvalue weighted by Crippen LogP contribution is 2.27. The second-order valence-electron chi connectivity index (χ2n) is 6.31. The van der Waals surface area contributed by atoms with Crippen molar-refractivity contribution < 1.29 is 14.3 Å². The lowest BCUT2D eigenvalue weighted by molar-refractivity contribution is -0.132. The molecule has 0 bridgehead atoms. The summed E-state index contributed by atoms with van der Waals surface area (Å²) in [6, 6.07) is 9.02. The molecule has 0 aliphatic heterocycles. The summed E-state index contributed by atoms with van der Waals surface area (Å²) in [6.45, 7) is 0.209. The number of rotatable bonds is 5. The van der Waals surface area contributed by atoms with E-state index in [9.17, 15) is 9.59 Å². The fourth-order valence-corrected chi connectivity index (χ4v) is 3.02. The average Bonchev–Trinajstić information content (AvgIpc) is 2.59. The Kier molecular flexibility index (Phi) is 6.44. The van der Waals surface area contributed by atoms with E-state index in [1.54, 1.807) is 14.1 Å². The molecule has 0 radical (unpaired) electrons. The van der Waals surface area contributed by atoms with Gasteiger partial charge in [-0.25, -0.2) is 4.79 Å². The number of nitrogens with one attached hydrogen (secondary N) is 1. The van der Waals surface area contributed by atoms with E-state index in [0.717, 1.165) is 31.2 Å². The van der Waals surface area contributed by atoms with E-state index < -0.39 is 12.1 Å². The van der Waals surface area contributed by atoms with Gasteiger partial charge in [0.1, 0.15) is 12.6 Å². The number of hydrogen-bond acceptors (Lipinski definition) is 3. The minimum Gasteiger partial charge on any atom is -0.445 e. The summed E-state index contributed by atoms with van der Waals surface area (Å²) in [7, 11) is 3.43. The zero-order valence-corrected chi connectivity index (χ0v) is 14.0. The highest BCUT2D eigenvalue weighted by molar-refractivity contribution is 5.85. The molecule has 23 heavy (non-hydrogen) atoms. The van der Waals surface area contributed by atoms with Gasteiger partial charge in [-0.15, -0.1) is 0 Å². The van der Waals surface area contributed by atoms with Crippen molar-refractivity contribution in [1.29, 1.82) is 0 Å². The number of carbonyl (C=O) groups is 2. The van der Waals surface area contributed by atoms with Gasteiger partial charge in [0.25, 0.3) is 0 Å². The van der Waals surface area contributed by atoms with Crippen LogP contribution in [0.3, 0.4) is 0 Å². The van der Waals surface area contributed by atoms with Crippen LogP contribution in [-0.4, -0.2) is 37.0 Å². The average molecular weight is 318 g/mol. The summed E-state index contributed by atoms with van der Waals surface area (Å²) in [4.78, 5) is 26.0. The van der Waals surface area contributed by atoms with Gasteiger partial charge < -0.3 is 15.0 Å². The first-order chi connectivity index (χ1) is 11.1. The maximum absolute atomic E-state index is 12.4. The Labute approximate surface area is 138 Å². The number of carbonyl (C=O) groups excluding carboxylic acids is 2. The van der Waals surface area contributed by atoms with E-state index >= 15 is 0 Å². The summed E-state index contributed by atoms with van der Waals surface area (Å²) in [5, 5.41) is 2.79. The van der Waals surface area contributed by atoms with Gasteiger partial charge in [0.05, 0.1) is 0 Å². The molecular formula is C18H26N2O3. The molecule has 0 saturated heterocycles. The molecule has 5 heteroatoms. The van der Waals surface area contributed by atoms with E-state index in [1.807, 2.05) is 30.3 Å². The van der Waals surface area contributed by atoms with Crippen molar-refractivity contribution in [1.82, 2.24) is 10.2 Å². The zero-order chi connectivity index (χ0) is 16.7. The van der Waals surface area contributed by atoms with Crippen LogP contribution in [0.15, 0.2) is 30.3 Å². The number of nitrogens with zero attached hydrogens (tertiary/aromatic N) is 1. The normalized spacial score (nSPS) is 16.4. The summed E-state index contributed by atoms with van der Waals surface area (Å²) in [5.41, 5.74) is 0.927. The molecule has 126 valence electrons. The van der Waals surface area contributed by atoms with E-state index in [-0.39, 0.29) is 18.4 Å². The lowest BCUT2D eigenvalue weighted by atomic mass is 9.83. The third kappa shape index (κ3) is 5.27. The summed E-state index contributed by atoms with van der Waals surface area (Å²) >= 11 is 0. The Morgan fingerprint density at radius 2 is 1.83 bits per heavy atom. The quantitative estimate of drug-likeness (QED) is 0.908. The Hall–Kier alpha value is -2.04. The van der Waals surface area contributed by atoms with Crippen molar-refractivity contribution in [2.75, 3.05) is 14.1 Å². The number of likely N-dealkylation sites (N-methyl/N-ethyl adjacent to an activating group) is 1. The summed E-state index contributed by atoms with van der Waals surface area (Å²) in [5.74, 6) is 0.136. The highest BCUT2D eigenvalue weighted by Gasteiger charge is 2.32. The lowest BCUT2D eigenvalue weighted by Crippen LogP contribution is -2.51. The van der Waals surface area contributed by atoms with E-state index in [2.05, 4.69) is 5.32 Å². The summed E-state index contributed by atoms with van der Waals surface area (Å²) in [6.07, 6.45) is 4.86. The van der Waals surface area contributed by atoms with Crippen molar-refractivity contribution in [3.63, 3.8) is 0 Å². The van der Waals surface area contributed by atoms with Gasteiger partial charge in [0, 0.05) is 14.1 Å². The van der Waals surface area contributed by atoms with Crippen molar-refractivity contribution in [3.8, 4) is 0 Å². The minimum atomic E-state index is -0.528. The number of ether oxygens (including phenoxy) is 1. The summed E-state index contributed by atoms with van der Waals surface area (Å²) < 4.78 is 5.26. The first kappa shape index (κ1) is 17.3. The first-order valence-electron chi connectivity index (χ1n) is 8.26. The van der Waals surface area contributed by atoms with Gasteiger partial charge in [-0.1, -0.05) is 49.6 Å². The fraction of sp³-hybridized carbons (Fsp3) is 0.556. The SMILES string of the molecule is CN(C)C(=O)C(NC(=O)OCc1ccccc1)C1CCCCC1. The second-order valence-corrected chi connectivity index (χ2v) is 6.31. The number of benzene rings is 1. The van der Waals surface area contributed by atoms with Gasteiger partial charge in [-0.3, -0.25) is 4.79 Å². The minimum absolute atomic E-state index is 0.0615. The van der Waals surface area contributed by atoms with E-state index in [4.69, 9.17) is 4.74 Å². The van der Waals surface area contributed by atoms with Crippen molar-refractivity contribution >= 4 is 12.0 Å². The third-order valence-electron chi connectivity index (χ3n) is 4.31. The van der Waals surface area contributed by atoms with Crippen LogP contribution in [0, 0.1) is 5.92 Å². The van der Waals surface area contributed by atoms with Crippen LogP contribution in [0.2, 0.25) is 0 Å². The molecule has 1 aromatic rings. The number of alkyl carbamates (subject to hydrolysis) is 1. The molecule has 2 amide bonds. The van der Waals surface area contributed by atoms with Gasteiger partial charge in [-0.2, -0.15) is 0 Å². The molecule has 2 rings (SSSR count). The van der Waals surface area contributed by atoms with Crippen LogP contribution >= 0.6 is 0 Å². The van der Waals surface area contributed by atoms with Gasteiger partial charge in [0.15, 0.2) is 0 Å². The molecule has 0 heterocycles. The maximum atomic E-state index is 12.4. The van der Waals surface area contributed by atoms with Gasteiger partial charge >= 0.3 is 6.09 Å². The number of hydrogen-bond donors (Lipinski definition) is 1. The van der Waals surface area contributed by atoms with Gasteiger partial charge in [-0.05, 0) is 24.3 Å². The number of amides is 2. The van der Waals surface area contributed by atoms with E-state index in [1.165, 1.54) is 11.3 Å². The topological polar surface area (TPSA) is 58.6 Å². The van der Waals surface area contributed by atoms with Crippen LogP contribution in [0.4, 0.5) is 4.79 Å². The van der Waals surface area contributed by atoms with Crippen LogP contribution in [0.1, 0.15) is 37.7 Å². The van der Waals surface area contributed by atoms with Crippen LogP contribution in [0.5, 0.6) is 0 Å². The molecule has 1 aliphatic rings. The molecule has 1 unspecified atom stereocenters. The largest absolute Gasteiger partial charge is 0.445 e. The Morgan fingerprint density at radius 1 is 1.17 bits per heavy atom. The van der Waals surface area contributed by atoms with Crippen LogP contribution < -0.4 is 5.32 Å². The molecular weight excluding hydrogens is 292 g/mol.